The van der Waals surface area contributed by atoms with Gasteiger partial charge in [0.15, 0.2) is 0 Å². The average molecular weight is 175 g/mol. The zero-order chi connectivity index (χ0) is 9.03. The van der Waals surface area contributed by atoms with Crippen molar-refractivity contribution >= 4 is 0 Å². The molecule has 0 radical (unpaired) electrons. The molecular weight excluding hydrogens is 157 g/mol. The van der Waals surface area contributed by atoms with Crippen LogP contribution in [0.2, 0.25) is 0 Å². The van der Waals surface area contributed by atoms with E-state index in [0.717, 1.165) is 6.42 Å². The third-order valence-corrected chi connectivity index (χ3v) is 2.52. The summed E-state index contributed by atoms with van der Waals surface area (Å²) >= 11 is 0. The standard InChI is InChI=1S/C9H18FNO/c10-5-1-4-9(11,7-12)6-8-2-3-8/h8,12H,1-7,11H2. The highest BCUT2D eigenvalue weighted by Gasteiger charge is 2.32. The van der Waals surface area contributed by atoms with Gasteiger partial charge in [-0.1, -0.05) is 12.8 Å². The minimum atomic E-state index is -0.507. The average Bonchev–Trinajstić information content (AvgIpc) is 2.85. The normalized spacial score (nSPS) is 22.2. The third kappa shape index (κ3) is 3.07. The molecule has 0 amide bonds. The van der Waals surface area contributed by atoms with Crippen molar-refractivity contribution in [3.8, 4) is 0 Å². The first-order valence-electron chi connectivity index (χ1n) is 4.66. The van der Waals surface area contributed by atoms with E-state index in [1.54, 1.807) is 0 Å². The van der Waals surface area contributed by atoms with Gasteiger partial charge in [-0.05, 0) is 25.2 Å². The molecule has 0 aromatic heterocycles. The van der Waals surface area contributed by atoms with Gasteiger partial charge in [-0.2, -0.15) is 0 Å². The first-order chi connectivity index (χ1) is 5.70. The Labute approximate surface area is 73.0 Å². The van der Waals surface area contributed by atoms with E-state index >= 15 is 0 Å². The largest absolute Gasteiger partial charge is 0.394 e. The number of rotatable bonds is 6. The number of aliphatic hydroxyl groups is 1. The Kier molecular flexibility index (Phi) is 3.47. The van der Waals surface area contributed by atoms with Crippen LogP contribution in [-0.2, 0) is 0 Å². The summed E-state index contributed by atoms with van der Waals surface area (Å²) in [5.41, 5.74) is 5.40. The maximum Gasteiger partial charge on any atom is 0.0895 e. The van der Waals surface area contributed by atoms with Gasteiger partial charge in [0.1, 0.15) is 0 Å². The van der Waals surface area contributed by atoms with Crippen molar-refractivity contribution in [3.05, 3.63) is 0 Å². The Bertz CT molecular complexity index is 138. The first kappa shape index (κ1) is 9.93. The molecule has 1 rings (SSSR count). The lowest BCUT2D eigenvalue weighted by Gasteiger charge is -2.26. The summed E-state index contributed by atoms with van der Waals surface area (Å²) in [4.78, 5) is 0. The summed E-state index contributed by atoms with van der Waals surface area (Å²) in [5, 5.41) is 9.04. The van der Waals surface area contributed by atoms with Crippen molar-refractivity contribution in [2.24, 2.45) is 11.7 Å². The summed E-state index contributed by atoms with van der Waals surface area (Å²) in [5.74, 6) is 0.696. The van der Waals surface area contributed by atoms with E-state index in [4.69, 9.17) is 10.8 Å². The summed E-state index contributed by atoms with van der Waals surface area (Å²) < 4.78 is 11.9. The van der Waals surface area contributed by atoms with Crippen molar-refractivity contribution in [1.29, 1.82) is 0 Å². The highest BCUT2D eigenvalue weighted by Crippen LogP contribution is 2.37. The van der Waals surface area contributed by atoms with Gasteiger partial charge in [0.2, 0.25) is 0 Å². The van der Waals surface area contributed by atoms with Crippen LogP contribution in [0.3, 0.4) is 0 Å². The molecule has 1 aliphatic rings. The highest BCUT2D eigenvalue weighted by atomic mass is 19.1. The first-order valence-corrected chi connectivity index (χ1v) is 4.66. The maximum atomic E-state index is 11.9. The van der Waals surface area contributed by atoms with E-state index in [0.29, 0.717) is 18.8 Å². The van der Waals surface area contributed by atoms with Gasteiger partial charge in [0, 0.05) is 5.54 Å². The third-order valence-electron chi connectivity index (χ3n) is 2.52. The lowest BCUT2D eigenvalue weighted by Crippen LogP contribution is -2.44. The van der Waals surface area contributed by atoms with Gasteiger partial charge in [-0.3, -0.25) is 4.39 Å². The predicted molar refractivity (Wildman–Crippen MR) is 46.6 cm³/mol. The molecule has 0 heterocycles. The molecule has 1 fully saturated rings. The molecule has 3 heteroatoms. The SMILES string of the molecule is NC(CO)(CCCF)CC1CC1. The monoisotopic (exact) mass is 175 g/mol. The lowest BCUT2D eigenvalue weighted by atomic mass is 9.90. The number of hydrogen-bond acceptors (Lipinski definition) is 2. The van der Waals surface area contributed by atoms with Gasteiger partial charge < -0.3 is 10.8 Å². The Balaban J connectivity index is 2.25. The minimum absolute atomic E-state index is 0.0104. The topological polar surface area (TPSA) is 46.2 Å². The molecule has 0 spiro atoms. The van der Waals surface area contributed by atoms with Crippen LogP contribution in [0.4, 0.5) is 4.39 Å². The van der Waals surface area contributed by atoms with Crippen LogP contribution >= 0.6 is 0 Å². The molecule has 3 N–H and O–H groups in total. The Morgan fingerprint density at radius 3 is 2.58 bits per heavy atom. The van der Waals surface area contributed by atoms with Gasteiger partial charge >= 0.3 is 0 Å². The van der Waals surface area contributed by atoms with E-state index in [2.05, 4.69) is 0 Å². The number of hydrogen-bond donors (Lipinski definition) is 2. The second kappa shape index (κ2) is 4.19. The fraction of sp³-hybridized carbons (Fsp3) is 1.00. The van der Waals surface area contributed by atoms with E-state index in [1.807, 2.05) is 0 Å². The van der Waals surface area contributed by atoms with Crippen molar-refractivity contribution in [3.63, 3.8) is 0 Å². The molecule has 1 saturated carbocycles. The van der Waals surface area contributed by atoms with E-state index in [-0.39, 0.29) is 13.3 Å². The van der Waals surface area contributed by atoms with Crippen LogP contribution in [0.25, 0.3) is 0 Å². The molecule has 0 bridgehead atoms. The molecule has 0 aromatic carbocycles. The molecule has 2 nitrogen and oxygen atoms in total. The van der Waals surface area contributed by atoms with Crippen LogP contribution in [0, 0.1) is 5.92 Å². The van der Waals surface area contributed by atoms with Crippen molar-refractivity contribution in [2.75, 3.05) is 13.3 Å². The Hall–Kier alpha value is -0.150. The summed E-state index contributed by atoms with van der Waals surface area (Å²) in [6, 6.07) is 0. The second-order valence-electron chi connectivity index (χ2n) is 3.96. The smallest absolute Gasteiger partial charge is 0.0895 e. The van der Waals surface area contributed by atoms with Gasteiger partial charge in [-0.25, -0.2) is 0 Å². The Morgan fingerprint density at radius 2 is 2.17 bits per heavy atom. The van der Waals surface area contributed by atoms with Gasteiger partial charge in [0.25, 0.3) is 0 Å². The second-order valence-corrected chi connectivity index (χ2v) is 3.96. The number of nitrogens with two attached hydrogens (primary N) is 1. The van der Waals surface area contributed by atoms with Crippen molar-refractivity contribution < 1.29 is 9.50 Å². The van der Waals surface area contributed by atoms with Crippen LogP contribution in [-0.4, -0.2) is 23.9 Å². The van der Waals surface area contributed by atoms with Crippen LogP contribution in [0.15, 0.2) is 0 Å². The Morgan fingerprint density at radius 1 is 1.50 bits per heavy atom. The molecule has 1 atom stereocenters. The number of halogens is 1. The zero-order valence-corrected chi connectivity index (χ0v) is 7.43. The number of aliphatic hydroxyl groups excluding tert-OH is 1. The van der Waals surface area contributed by atoms with Crippen LogP contribution in [0.1, 0.15) is 32.1 Å². The van der Waals surface area contributed by atoms with Crippen LogP contribution in [0.5, 0.6) is 0 Å². The fourth-order valence-electron chi connectivity index (χ4n) is 1.56. The van der Waals surface area contributed by atoms with Crippen molar-refractivity contribution in [1.82, 2.24) is 0 Å². The van der Waals surface area contributed by atoms with Gasteiger partial charge in [0.05, 0.1) is 13.3 Å². The highest BCUT2D eigenvalue weighted by molar-refractivity contribution is 4.90. The molecule has 12 heavy (non-hydrogen) atoms. The lowest BCUT2D eigenvalue weighted by molar-refractivity contribution is 0.167. The molecule has 1 unspecified atom stereocenters. The molecule has 72 valence electrons. The predicted octanol–water partition coefficient (Wildman–Crippen LogP) is 1.23. The van der Waals surface area contributed by atoms with E-state index in [9.17, 15) is 4.39 Å². The molecule has 1 aliphatic carbocycles. The summed E-state index contributed by atoms with van der Waals surface area (Å²) in [7, 11) is 0. The molecule has 0 aliphatic heterocycles. The zero-order valence-electron chi connectivity index (χ0n) is 7.43. The van der Waals surface area contributed by atoms with Crippen LogP contribution < -0.4 is 5.73 Å². The molecule has 0 saturated heterocycles. The molecular formula is C9H18FNO. The fourth-order valence-corrected chi connectivity index (χ4v) is 1.56. The van der Waals surface area contributed by atoms with Crippen molar-refractivity contribution in [2.45, 2.75) is 37.6 Å². The molecule has 0 aromatic rings. The maximum absolute atomic E-state index is 11.9. The quantitative estimate of drug-likeness (QED) is 0.637. The van der Waals surface area contributed by atoms with E-state index < -0.39 is 5.54 Å². The summed E-state index contributed by atoms with van der Waals surface area (Å²) in [6.45, 7) is -0.340. The summed E-state index contributed by atoms with van der Waals surface area (Å²) in [6.07, 6.45) is 4.41. The minimum Gasteiger partial charge on any atom is -0.394 e. The van der Waals surface area contributed by atoms with E-state index in [1.165, 1.54) is 12.8 Å². The van der Waals surface area contributed by atoms with Gasteiger partial charge in [-0.15, -0.1) is 0 Å². The number of alkyl halides is 1.